The van der Waals surface area contributed by atoms with Crippen LogP contribution in [0, 0.1) is 18.6 Å². The smallest absolute Gasteiger partial charge is 0.261 e. The zero-order chi connectivity index (χ0) is 16.4. The molecule has 4 nitrogen and oxygen atoms in total. The van der Waals surface area contributed by atoms with E-state index in [0.29, 0.717) is 17.0 Å². The van der Waals surface area contributed by atoms with Crippen molar-refractivity contribution in [3.05, 3.63) is 71.5 Å². The summed E-state index contributed by atoms with van der Waals surface area (Å²) in [6, 6.07) is 11.8. The monoisotopic (exact) mass is 314 g/mol. The summed E-state index contributed by atoms with van der Waals surface area (Å²) in [6.07, 6.45) is 0. The molecule has 0 atom stereocenters. The van der Waals surface area contributed by atoms with Gasteiger partial charge in [-0.3, -0.25) is 4.79 Å². The van der Waals surface area contributed by atoms with E-state index in [9.17, 15) is 13.6 Å². The number of rotatable bonds is 3. The molecule has 1 aromatic heterocycles. The van der Waals surface area contributed by atoms with Crippen molar-refractivity contribution in [2.45, 2.75) is 6.92 Å². The molecule has 6 heteroatoms. The quantitative estimate of drug-likeness (QED) is 0.789. The first-order valence-corrected chi connectivity index (χ1v) is 6.84. The van der Waals surface area contributed by atoms with Gasteiger partial charge >= 0.3 is 0 Å². The van der Waals surface area contributed by atoms with E-state index in [4.69, 9.17) is 4.52 Å². The molecule has 0 aliphatic carbocycles. The van der Waals surface area contributed by atoms with Gasteiger partial charge in [0.05, 0.1) is 0 Å². The number of nitrogens with zero attached hydrogens (tertiary/aromatic N) is 1. The van der Waals surface area contributed by atoms with Gasteiger partial charge in [-0.1, -0.05) is 35.5 Å². The number of carbonyl (C=O) groups excluding carboxylic acids is 1. The highest BCUT2D eigenvalue weighted by Crippen LogP contribution is 2.26. The zero-order valence-corrected chi connectivity index (χ0v) is 12.1. The maximum atomic E-state index is 13.2. The molecule has 2 aromatic carbocycles. The van der Waals surface area contributed by atoms with Crippen molar-refractivity contribution < 1.29 is 18.1 Å². The molecule has 0 aliphatic rings. The average Bonchev–Trinajstić information content (AvgIpc) is 2.89. The Morgan fingerprint density at radius 3 is 2.39 bits per heavy atom. The summed E-state index contributed by atoms with van der Waals surface area (Å²) in [7, 11) is 0. The van der Waals surface area contributed by atoms with Gasteiger partial charge in [0.25, 0.3) is 5.91 Å². The van der Waals surface area contributed by atoms with E-state index >= 15 is 0 Å². The Labute approximate surface area is 130 Å². The Hall–Kier alpha value is -3.02. The second-order valence-corrected chi connectivity index (χ2v) is 4.94. The number of aromatic nitrogens is 1. The first kappa shape index (κ1) is 14.9. The highest BCUT2D eigenvalue weighted by Gasteiger charge is 2.21. The summed E-state index contributed by atoms with van der Waals surface area (Å²) in [4.78, 5) is 12.5. The van der Waals surface area contributed by atoms with Crippen LogP contribution >= 0.6 is 0 Å². The van der Waals surface area contributed by atoms with Crippen molar-refractivity contribution in [3.8, 4) is 11.3 Å². The van der Waals surface area contributed by atoms with Crippen molar-refractivity contribution in [1.29, 1.82) is 0 Å². The van der Waals surface area contributed by atoms with Crippen LogP contribution < -0.4 is 5.32 Å². The molecule has 0 radical (unpaired) electrons. The lowest BCUT2D eigenvalue weighted by Crippen LogP contribution is -2.13. The molecule has 23 heavy (non-hydrogen) atoms. The molecular formula is C17H12F2N2O2. The number of anilines is 1. The van der Waals surface area contributed by atoms with Gasteiger partial charge in [-0.2, -0.15) is 0 Å². The molecule has 1 heterocycles. The predicted octanol–water partition coefficient (Wildman–Crippen LogP) is 4.18. The maximum absolute atomic E-state index is 13.2. The van der Waals surface area contributed by atoms with Crippen molar-refractivity contribution in [2.24, 2.45) is 0 Å². The highest BCUT2D eigenvalue weighted by molar-refractivity contribution is 6.08. The number of benzene rings is 2. The number of carbonyl (C=O) groups is 1. The predicted molar refractivity (Wildman–Crippen MR) is 81.0 cm³/mol. The Balaban J connectivity index is 1.95. The van der Waals surface area contributed by atoms with Gasteiger partial charge < -0.3 is 9.84 Å². The van der Waals surface area contributed by atoms with E-state index in [0.717, 1.165) is 18.2 Å². The maximum Gasteiger partial charge on any atom is 0.261 e. The van der Waals surface area contributed by atoms with Crippen molar-refractivity contribution in [3.63, 3.8) is 0 Å². The van der Waals surface area contributed by atoms with Gasteiger partial charge in [0, 0.05) is 17.3 Å². The lowest BCUT2D eigenvalue weighted by molar-refractivity contribution is 0.102. The minimum atomic E-state index is -0.773. The molecule has 116 valence electrons. The molecule has 1 N–H and O–H groups in total. The molecule has 3 aromatic rings. The third kappa shape index (κ3) is 3.11. The average molecular weight is 314 g/mol. The van der Waals surface area contributed by atoms with Gasteiger partial charge in [-0.05, 0) is 19.1 Å². The van der Waals surface area contributed by atoms with Gasteiger partial charge in [0.2, 0.25) is 0 Å². The first-order chi connectivity index (χ1) is 11.0. The fraction of sp³-hybridized carbons (Fsp3) is 0.0588. The van der Waals surface area contributed by atoms with Gasteiger partial charge in [0.1, 0.15) is 28.7 Å². The van der Waals surface area contributed by atoms with Gasteiger partial charge in [-0.25, -0.2) is 8.78 Å². The fourth-order valence-corrected chi connectivity index (χ4v) is 2.25. The number of halogens is 2. The molecule has 0 bridgehead atoms. The zero-order valence-electron chi connectivity index (χ0n) is 12.1. The second-order valence-electron chi connectivity index (χ2n) is 4.94. The summed E-state index contributed by atoms with van der Waals surface area (Å²) in [5, 5.41) is 6.36. The van der Waals surface area contributed by atoms with Crippen LogP contribution in [0.15, 0.2) is 53.1 Å². The molecule has 1 amide bonds. The Bertz CT molecular complexity index is 840. The van der Waals surface area contributed by atoms with Crippen LogP contribution in [-0.4, -0.2) is 11.1 Å². The largest absolute Gasteiger partial charge is 0.360 e. The van der Waals surface area contributed by atoms with E-state index in [1.807, 2.05) is 18.2 Å². The van der Waals surface area contributed by atoms with E-state index in [-0.39, 0.29) is 11.3 Å². The van der Waals surface area contributed by atoms with Crippen LogP contribution in [0.5, 0.6) is 0 Å². The first-order valence-electron chi connectivity index (χ1n) is 6.84. The number of hydrogen-bond acceptors (Lipinski definition) is 3. The van der Waals surface area contributed by atoms with Crippen LogP contribution in [0.1, 0.15) is 16.1 Å². The van der Waals surface area contributed by atoms with Crippen molar-refractivity contribution in [1.82, 2.24) is 5.16 Å². The molecule has 0 unspecified atom stereocenters. The standard InChI is InChI=1S/C17H12F2N2O2/c1-10-15(16(21-23-10)11-5-3-2-4-6-11)17(22)20-14-8-12(18)7-13(19)9-14/h2-9H,1H3,(H,20,22). The van der Waals surface area contributed by atoms with E-state index < -0.39 is 17.5 Å². The summed E-state index contributed by atoms with van der Waals surface area (Å²) in [5.41, 5.74) is 1.32. The Morgan fingerprint density at radius 1 is 1.09 bits per heavy atom. The summed E-state index contributed by atoms with van der Waals surface area (Å²) in [5.74, 6) is -1.78. The molecule has 0 saturated heterocycles. The minimum absolute atomic E-state index is 0.0205. The van der Waals surface area contributed by atoms with Crippen molar-refractivity contribution in [2.75, 3.05) is 5.32 Å². The van der Waals surface area contributed by atoms with Gasteiger partial charge in [-0.15, -0.1) is 0 Å². The van der Waals surface area contributed by atoms with Crippen LogP contribution in [0.4, 0.5) is 14.5 Å². The Morgan fingerprint density at radius 2 is 1.74 bits per heavy atom. The number of aryl methyl sites for hydroxylation is 1. The van der Waals surface area contributed by atoms with Crippen LogP contribution in [-0.2, 0) is 0 Å². The fourth-order valence-electron chi connectivity index (χ4n) is 2.25. The van der Waals surface area contributed by atoms with E-state index in [1.54, 1.807) is 19.1 Å². The molecule has 0 fully saturated rings. The summed E-state index contributed by atoms with van der Waals surface area (Å²) >= 11 is 0. The minimum Gasteiger partial charge on any atom is -0.360 e. The van der Waals surface area contributed by atoms with Crippen molar-refractivity contribution >= 4 is 11.6 Å². The number of amides is 1. The van der Waals surface area contributed by atoms with Crippen LogP contribution in [0.2, 0.25) is 0 Å². The third-order valence-corrected chi connectivity index (χ3v) is 3.26. The molecule has 0 aliphatic heterocycles. The van der Waals surface area contributed by atoms with E-state index in [2.05, 4.69) is 10.5 Å². The molecular weight excluding hydrogens is 302 g/mol. The highest BCUT2D eigenvalue weighted by atomic mass is 19.1. The number of nitrogens with one attached hydrogen (secondary N) is 1. The van der Waals surface area contributed by atoms with Crippen LogP contribution in [0.3, 0.4) is 0 Å². The third-order valence-electron chi connectivity index (χ3n) is 3.26. The molecule has 0 saturated carbocycles. The second kappa shape index (κ2) is 6.00. The summed E-state index contributed by atoms with van der Waals surface area (Å²) in [6.45, 7) is 1.60. The van der Waals surface area contributed by atoms with E-state index in [1.165, 1.54) is 0 Å². The Kier molecular flexibility index (Phi) is 3.89. The molecule has 0 spiro atoms. The van der Waals surface area contributed by atoms with Gasteiger partial charge in [0.15, 0.2) is 0 Å². The molecule has 3 rings (SSSR count). The SMILES string of the molecule is Cc1onc(-c2ccccc2)c1C(=O)Nc1cc(F)cc(F)c1. The topological polar surface area (TPSA) is 55.1 Å². The lowest BCUT2D eigenvalue weighted by Gasteiger charge is -2.06. The lowest BCUT2D eigenvalue weighted by atomic mass is 10.1. The normalized spacial score (nSPS) is 10.6. The van der Waals surface area contributed by atoms with Crippen LogP contribution in [0.25, 0.3) is 11.3 Å². The summed E-state index contributed by atoms with van der Waals surface area (Å²) < 4.78 is 31.5. The number of hydrogen-bond donors (Lipinski definition) is 1.